The molecule has 3 aliphatic heterocycles. The lowest BCUT2D eigenvalue weighted by Crippen LogP contribution is -2.47. The molecule has 2 saturated heterocycles. The Balaban J connectivity index is 0.875. The highest BCUT2D eigenvalue weighted by Gasteiger charge is 2.41. The predicted octanol–water partition coefficient (Wildman–Crippen LogP) is 8.48. The largest absolute Gasteiger partial charge is 0.474 e. The molecule has 0 unspecified atom stereocenters. The van der Waals surface area contributed by atoms with Crippen LogP contribution in [0.3, 0.4) is 0 Å². The molecule has 3 aromatic carbocycles. The lowest BCUT2D eigenvalue weighted by atomic mass is 9.59. The smallest absolute Gasteiger partial charge is 0.298 e. The van der Waals surface area contributed by atoms with Gasteiger partial charge in [-0.2, -0.15) is 10.1 Å². The van der Waals surface area contributed by atoms with E-state index in [-0.39, 0.29) is 29.0 Å². The number of non-ortho nitro benzene ring substituents is 1. The predicted molar refractivity (Wildman–Crippen MR) is 257 cm³/mol. The number of halogens is 1. The van der Waals surface area contributed by atoms with Gasteiger partial charge in [-0.25, -0.2) is 13.1 Å². The van der Waals surface area contributed by atoms with Gasteiger partial charge in [0.1, 0.15) is 17.9 Å². The maximum absolute atomic E-state index is 14.5. The number of carbonyl (C=O) groups excluding carboxylic acids is 1. The molecule has 1 spiro atoms. The Morgan fingerprint density at radius 1 is 0.940 bits per heavy atom. The number of nitrogens with one attached hydrogen (secondary N) is 2. The SMILES string of the molecule is O=C(NS(=O)(=O)c1cc([N+](=O)[O-])c2nn(CC3CCOCC3)cc2c1)c1ccc(N2CCN(CC3=C(c4ccc(Cl)cc4)CC4(CCC4)CC3)CC2)cc1N1CCOc2nc3[nH]ccc3cc21. The van der Waals surface area contributed by atoms with E-state index in [9.17, 15) is 23.3 Å². The lowest BCUT2D eigenvalue weighted by Gasteiger charge is -2.47. The second-order valence-corrected chi connectivity index (χ2v) is 20.9. The molecule has 0 radical (unpaired) electrons. The minimum atomic E-state index is -4.62. The van der Waals surface area contributed by atoms with Crippen molar-refractivity contribution in [2.75, 3.05) is 68.9 Å². The second kappa shape index (κ2) is 17.6. The molecule has 67 heavy (non-hydrogen) atoms. The molecular formula is C49H52ClN9O7S. The summed E-state index contributed by atoms with van der Waals surface area (Å²) < 4.78 is 43.7. The van der Waals surface area contributed by atoms with Gasteiger partial charge in [0.15, 0.2) is 5.52 Å². The van der Waals surface area contributed by atoms with E-state index in [2.05, 4.69) is 36.7 Å². The van der Waals surface area contributed by atoms with Gasteiger partial charge in [0.25, 0.3) is 21.6 Å². The number of benzene rings is 3. The molecule has 1 saturated carbocycles. The standard InChI is InChI=1S/C49H52ClN9O7S/c50-37-4-2-33(3-5-37)41-28-49(12-1-13-49)14-8-35(41)30-55-16-18-56(19-17-55)38-6-7-40(42(26-38)58-20-23-66-48-44(58)25-34-9-15-51-46(34)52-48)47(60)54-67(63,64)39-24-36-31-57(29-32-10-21-65-22-11-32)53-45(36)43(27-39)59(61)62/h2-7,9,15,24-27,31-32H,1,8,10-14,16-23,28-30H2,(H,51,52)(H,54,60). The summed E-state index contributed by atoms with van der Waals surface area (Å²) in [5.74, 6) is -0.221. The van der Waals surface area contributed by atoms with Crippen LogP contribution in [0.25, 0.3) is 27.5 Å². The van der Waals surface area contributed by atoms with Gasteiger partial charge in [-0.05, 0) is 116 Å². The first-order chi connectivity index (χ1) is 32.5. The lowest BCUT2D eigenvalue weighted by molar-refractivity contribution is -0.383. The summed E-state index contributed by atoms with van der Waals surface area (Å²) in [5.41, 5.74) is 7.11. The number of hydrogen-bond acceptors (Lipinski definition) is 12. The first-order valence-corrected chi connectivity index (χ1v) is 25.1. The van der Waals surface area contributed by atoms with E-state index in [0.29, 0.717) is 54.6 Å². The van der Waals surface area contributed by atoms with Crippen molar-refractivity contribution in [1.82, 2.24) is 29.4 Å². The number of fused-ring (bicyclic) bond motifs is 3. The van der Waals surface area contributed by atoms with Gasteiger partial charge in [-0.1, -0.05) is 35.7 Å². The summed E-state index contributed by atoms with van der Waals surface area (Å²) in [4.78, 5) is 40.4. The first-order valence-electron chi connectivity index (χ1n) is 23.2. The molecular weight excluding hydrogens is 894 g/mol. The number of amides is 1. The van der Waals surface area contributed by atoms with Crippen molar-refractivity contribution in [1.29, 1.82) is 0 Å². The van der Waals surface area contributed by atoms with Crippen LogP contribution in [0.15, 0.2) is 89.6 Å². The Morgan fingerprint density at radius 2 is 1.75 bits per heavy atom. The van der Waals surface area contributed by atoms with E-state index in [0.717, 1.165) is 80.6 Å². The number of nitro benzene ring substituents is 1. The quantitative estimate of drug-likeness (QED) is 0.0936. The third-order valence-corrected chi connectivity index (χ3v) is 16.2. The summed E-state index contributed by atoms with van der Waals surface area (Å²) in [6, 6.07) is 19.9. The number of H-pyrrole nitrogens is 1. The molecule has 2 N–H and O–H groups in total. The summed E-state index contributed by atoms with van der Waals surface area (Å²) in [6.45, 7) is 6.54. The molecule has 6 aromatic rings. The van der Waals surface area contributed by atoms with E-state index in [1.165, 1.54) is 48.5 Å². The van der Waals surface area contributed by atoms with Crippen LogP contribution < -0.4 is 19.3 Å². The maximum Gasteiger partial charge on any atom is 0.298 e. The number of anilines is 3. The molecule has 6 heterocycles. The van der Waals surface area contributed by atoms with Gasteiger partial charge >= 0.3 is 0 Å². The van der Waals surface area contributed by atoms with E-state index < -0.39 is 31.4 Å². The van der Waals surface area contributed by atoms with Crippen LogP contribution in [0, 0.1) is 21.4 Å². The number of hydrogen-bond donors (Lipinski definition) is 2. The zero-order valence-electron chi connectivity index (χ0n) is 37.1. The van der Waals surface area contributed by atoms with Crippen LogP contribution in [0.2, 0.25) is 5.02 Å². The summed E-state index contributed by atoms with van der Waals surface area (Å²) in [6.07, 6.45) is 12.5. The fraction of sp³-hybridized carbons (Fsp3) is 0.408. The fourth-order valence-corrected chi connectivity index (χ4v) is 11.9. The van der Waals surface area contributed by atoms with Gasteiger partial charge in [-0.15, -0.1) is 0 Å². The number of aromatic nitrogens is 4. The van der Waals surface area contributed by atoms with Crippen molar-refractivity contribution in [3.05, 3.63) is 111 Å². The monoisotopic (exact) mass is 945 g/mol. The number of allylic oxidation sites excluding steroid dienone is 1. The number of carbonyl (C=O) groups is 1. The van der Waals surface area contributed by atoms with Crippen LogP contribution in [-0.4, -0.2) is 103 Å². The molecule has 5 aliphatic rings. The van der Waals surface area contributed by atoms with Gasteiger partial charge in [0.2, 0.25) is 5.88 Å². The van der Waals surface area contributed by atoms with Gasteiger partial charge in [0, 0.05) is 92.4 Å². The molecule has 3 aromatic heterocycles. The molecule has 11 rings (SSSR count). The molecule has 2 aliphatic carbocycles. The molecule has 0 atom stereocenters. The zero-order valence-corrected chi connectivity index (χ0v) is 38.7. The number of aromatic amines is 1. The highest BCUT2D eigenvalue weighted by molar-refractivity contribution is 7.90. The van der Waals surface area contributed by atoms with Crippen molar-refractivity contribution in [2.24, 2.45) is 11.3 Å². The highest BCUT2D eigenvalue weighted by Crippen LogP contribution is 2.55. The minimum Gasteiger partial charge on any atom is -0.474 e. The van der Waals surface area contributed by atoms with Crippen molar-refractivity contribution < 1.29 is 27.6 Å². The second-order valence-electron chi connectivity index (χ2n) is 18.8. The van der Waals surface area contributed by atoms with Crippen LogP contribution in [0.1, 0.15) is 67.3 Å². The van der Waals surface area contributed by atoms with Gasteiger partial charge in [0.05, 0.1) is 27.6 Å². The number of piperazine rings is 1. The molecule has 348 valence electrons. The highest BCUT2D eigenvalue weighted by atomic mass is 35.5. The summed E-state index contributed by atoms with van der Waals surface area (Å²) >= 11 is 6.31. The summed E-state index contributed by atoms with van der Waals surface area (Å²) in [7, 11) is -4.62. The number of sulfonamides is 1. The van der Waals surface area contributed by atoms with E-state index in [1.54, 1.807) is 23.1 Å². The Hall–Kier alpha value is -6.01. The number of nitrogens with zero attached hydrogens (tertiary/aromatic N) is 7. The van der Waals surface area contributed by atoms with E-state index in [1.807, 2.05) is 41.3 Å². The maximum atomic E-state index is 14.5. The Bertz CT molecular complexity index is 3040. The molecule has 18 heteroatoms. The number of nitro groups is 1. The van der Waals surface area contributed by atoms with Crippen molar-refractivity contribution in [3.8, 4) is 5.88 Å². The fourth-order valence-electron chi connectivity index (χ4n) is 10.8. The van der Waals surface area contributed by atoms with Crippen LogP contribution in [0.5, 0.6) is 5.88 Å². The molecule has 0 bridgehead atoms. The zero-order chi connectivity index (χ0) is 45.9. The van der Waals surface area contributed by atoms with E-state index in [4.69, 9.17) is 26.1 Å². The van der Waals surface area contributed by atoms with Gasteiger partial charge in [-0.3, -0.25) is 24.5 Å². The molecule has 3 fully saturated rings. The number of rotatable bonds is 11. The van der Waals surface area contributed by atoms with Crippen molar-refractivity contribution in [3.63, 3.8) is 0 Å². The summed E-state index contributed by atoms with van der Waals surface area (Å²) in [5, 5.41) is 18.7. The van der Waals surface area contributed by atoms with Crippen molar-refractivity contribution in [2.45, 2.75) is 62.8 Å². The topological polar surface area (TPSA) is 181 Å². The van der Waals surface area contributed by atoms with Crippen molar-refractivity contribution >= 4 is 77.8 Å². The van der Waals surface area contributed by atoms with Gasteiger partial charge < -0.3 is 24.3 Å². The molecule has 1 amide bonds. The number of pyridine rings is 1. The van der Waals surface area contributed by atoms with E-state index >= 15 is 0 Å². The number of ether oxygens (including phenoxy) is 2. The normalized spacial score (nSPS) is 19.1. The average molecular weight is 947 g/mol. The Morgan fingerprint density at radius 3 is 2.51 bits per heavy atom. The average Bonchev–Trinajstić information content (AvgIpc) is 3.96. The van der Waals surface area contributed by atoms with Crippen LogP contribution >= 0.6 is 11.6 Å². The first kappa shape index (κ1) is 43.6. The minimum absolute atomic E-state index is 0.0767. The molecule has 16 nitrogen and oxygen atoms in total. The van der Waals surface area contributed by atoms with Crippen LogP contribution in [0.4, 0.5) is 22.7 Å². The Kier molecular flexibility index (Phi) is 11.4. The van der Waals surface area contributed by atoms with Crippen LogP contribution in [-0.2, 0) is 21.3 Å². The Labute approximate surface area is 393 Å². The third-order valence-electron chi connectivity index (χ3n) is 14.7. The third kappa shape index (κ3) is 8.62.